The highest BCUT2D eigenvalue weighted by molar-refractivity contribution is 5.83. The summed E-state index contributed by atoms with van der Waals surface area (Å²) in [6.45, 7) is 2.79. The van der Waals surface area contributed by atoms with Gasteiger partial charge in [-0.05, 0) is 43.9 Å². The number of aryl methyl sites for hydroxylation is 2. The minimum atomic E-state index is -0.461. The Balaban J connectivity index is 1.51. The molecule has 2 aromatic rings. The first-order valence-corrected chi connectivity index (χ1v) is 8.93. The van der Waals surface area contributed by atoms with E-state index in [0.29, 0.717) is 6.04 Å². The molecule has 0 bridgehead atoms. The second kappa shape index (κ2) is 6.59. The van der Waals surface area contributed by atoms with Gasteiger partial charge >= 0.3 is 0 Å². The van der Waals surface area contributed by atoms with Gasteiger partial charge in [0.15, 0.2) is 0 Å². The maximum Gasteiger partial charge on any atom is 0.241 e. The highest BCUT2D eigenvalue weighted by Gasteiger charge is 2.31. The van der Waals surface area contributed by atoms with Crippen LogP contribution in [-0.4, -0.2) is 27.5 Å². The molecule has 1 aliphatic heterocycles. The molecule has 0 radical (unpaired) electrons. The molecule has 5 nitrogen and oxygen atoms in total. The lowest BCUT2D eigenvalue weighted by Gasteiger charge is -2.29. The zero-order chi connectivity index (χ0) is 17.4. The van der Waals surface area contributed by atoms with Crippen molar-refractivity contribution >= 4 is 5.91 Å². The number of halogens is 1. The van der Waals surface area contributed by atoms with Crippen molar-refractivity contribution in [3.8, 4) is 0 Å². The van der Waals surface area contributed by atoms with E-state index in [0.717, 1.165) is 49.3 Å². The number of fused-ring (bicyclic) bond motifs is 1. The zero-order valence-corrected chi connectivity index (χ0v) is 14.3. The van der Waals surface area contributed by atoms with Crippen molar-refractivity contribution in [2.75, 3.05) is 0 Å². The first kappa shape index (κ1) is 16.3. The van der Waals surface area contributed by atoms with Crippen molar-refractivity contribution in [1.82, 2.24) is 20.2 Å². The molecular weight excluding hydrogens is 319 g/mol. The standard InChI is InChI=1S/C19H23FN4O/c1-12-10-24-11-16(8-9-17(24)21-12)22-18(19(25)23-15-6-7-15)13-2-4-14(20)5-3-13/h2-5,10,15-16,18,22H,6-9,11H2,1H3,(H,23,25)/t16-,18+/m1/s1. The van der Waals surface area contributed by atoms with E-state index in [9.17, 15) is 9.18 Å². The first-order chi connectivity index (χ1) is 12.1. The molecule has 1 amide bonds. The van der Waals surface area contributed by atoms with Gasteiger partial charge < -0.3 is 9.88 Å². The number of carbonyl (C=O) groups is 1. The highest BCUT2D eigenvalue weighted by atomic mass is 19.1. The summed E-state index contributed by atoms with van der Waals surface area (Å²) in [5.41, 5.74) is 1.82. The molecule has 2 N–H and O–H groups in total. The van der Waals surface area contributed by atoms with Crippen LogP contribution in [0.4, 0.5) is 4.39 Å². The average Bonchev–Trinajstić information content (AvgIpc) is 3.32. The fraction of sp³-hybridized carbons (Fsp3) is 0.474. The van der Waals surface area contributed by atoms with Crippen LogP contribution in [0.15, 0.2) is 30.5 Å². The molecular formula is C19H23FN4O. The Bertz CT molecular complexity index is 766. The predicted octanol–water partition coefficient (Wildman–Crippen LogP) is 2.25. The van der Waals surface area contributed by atoms with E-state index in [2.05, 4.69) is 26.4 Å². The largest absolute Gasteiger partial charge is 0.352 e. The second-order valence-electron chi connectivity index (χ2n) is 7.12. The third-order valence-electron chi connectivity index (χ3n) is 4.90. The van der Waals surface area contributed by atoms with Gasteiger partial charge in [0.05, 0.1) is 5.69 Å². The van der Waals surface area contributed by atoms with Crippen molar-refractivity contribution in [2.45, 2.75) is 57.3 Å². The normalized spacial score (nSPS) is 20.8. The van der Waals surface area contributed by atoms with E-state index in [-0.39, 0.29) is 17.8 Å². The van der Waals surface area contributed by atoms with E-state index < -0.39 is 6.04 Å². The van der Waals surface area contributed by atoms with E-state index in [1.54, 1.807) is 12.1 Å². The van der Waals surface area contributed by atoms with Crippen LogP contribution in [0.1, 0.15) is 42.4 Å². The van der Waals surface area contributed by atoms with Crippen LogP contribution in [0.25, 0.3) is 0 Å². The molecule has 1 aromatic heterocycles. The molecule has 6 heteroatoms. The van der Waals surface area contributed by atoms with Crippen LogP contribution < -0.4 is 10.6 Å². The number of amides is 1. The van der Waals surface area contributed by atoms with Crippen molar-refractivity contribution in [2.24, 2.45) is 0 Å². The zero-order valence-electron chi connectivity index (χ0n) is 14.3. The third kappa shape index (κ3) is 3.74. The quantitative estimate of drug-likeness (QED) is 0.876. The van der Waals surface area contributed by atoms with Gasteiger partial charge in [0.2, 0.25) is 5.91 Å². The summed E-state index contributed by atoms with van der Waals surface area (Å²) < 4.78 is 15.4. The number of aromatic nitrogens is 2. The fourth-order valence-corrected chi connectivity index (χ4v) is 3.45. The van der Waals surface area contributed by atoms with E-state index >= 15 is 0 Å². The van der Waals surface area contributed by atoms with Crippen LogP contribution in [0.5, 0.6) is 0 Å². The number of benzene rings is 1. The number of imidazole rings is 1. The molecule has 1 fully saturated rings. The maximum absolute atomic E-state index is 13.3. The number of nitrogens with one attached hydrogen (secondary N) is 2. The van der Waals surface area contributed by atoms with Gasteiger partial charge in [0.25, 0.3) is 0 Å². The van der Waals surface area contributed by atoms with Crippen LogP contribution in [0.3, 0.4) is 0 Å². The van der Waals surface area contributed by atoms with Crippen molar-refractivity contribution in [3.63, 3.8) is 0 Å². The van der Waals surface area contributed by atoms with E-state index in [4.69, 9.17) is 0 Å². The molecule has 2 aliphatic rings. The number of nitrogens with zero attached hydrogens (tertiary/aromatic N) is 2. The first-order valence-electron chi connectivity index (χ1n) is 8.93. The Labute approximate surface area is 146 Å². The summed E-state index contributed by atoms with van der Waals surface area (Å²) in [5.74, 6) is 0.791. The molecule has 4 rings (SSSR count). The monoisotopic (exact) mass is 342 g/mol. The molecule has 2 heterocycles. The molecule has 2 atom stereocenters. The van der Waals surface area contributed by atoms with Crippen LogP contribution >= 0.6 is 0 Å². The number of hydrogen-bond donors (Lipinski definition) is 2. The van der Waals surface area contributed by atoms with E-state index in [1.165, 1.54) is 12.1 Å². The topological polar surface area (TPSA) is 59.0 Å². The Kier molecular flexibility index (Phi) is 4.29. The van der Waals surface area contributed by atoms with Gasteiger partial charge in [-0.1, -0.05) is 12.1 Å². The molecule has 1 aliphatic carbocycles. The van der Waals surface area contributed by atoms with Gasteiger partial charge in [-0.25, -0.2) is 9.37 Å². The van der Waals surface area contributed by atoms with Gasteiger partial charge in [-0.2, -0.15) is 0 Å². The maximum atomic E-state index is 13.3. The summed E-state index contributed by atoms with van der Waals surface area (Å²) >= 11 is 0. The minimum absolute atomic E-state index is 0.0262. The lowest BCUT2D eigenvalue weighted by Crippen LogP contribution is -2.46. The van der Waals surface area contributed by atoms with Crippen LogP contribution in [0.2, 0.25) is 0 Å². The molecule has 0 saturated heterocycles. The summed E-state index contributed by atoms with van der Waals surface area (Å²) in [4.78, 5) is 17.2. The minimum Gasteiger partial charge on any atom is -0.352 e. The lowest BCUT2D eigenvalue weighted by molar-refractivity contribution is -0.123. The molecule has 132 valence electrons. The summed E-state index contributed by atoms with van der Waals surface area (Å²) in [5, 5.41) is 6.56. The van der Waals surface area contributed by atoms with Gasteiger partial charge in [-0.15, -0.1) is 0 Å². The average molecular weight is 342 g/mol. The van der Waals surface area contributed by atoms with Crippen molar-refractivity contribution in [3.05, 3.63) is 53.4 Å². The molecule has 25 heavy (non-hydrogen) atoms. The Morgan fingerprint density at radius 3 is 2.72 bits per heavy atom. The van der Waals surface area contributed by atoms with Crippen LogP contribution in [-0.2, 0) is 17.8 Å². The summed E-state index contributed by atoms with van der Waals surface area (Å²) in [6, 6.07) is 6.22. The molecule has 1 aromatic carbocycles. The lowest BCUT2D eigenvalue weighted by atomic mass is 10.0. The van der Waals surface area contributed by atoms with Gasteiger partial charge in [0, 0.05) is 31.2 Å². The van der Waals surface area contributed by atoms with Crippen molar-refractivity contribution < 1.29 is 9.18 Å². The van der Waals surface area contributed by atoms with Crippen LogP contribution in [0, 0.1) is 12.7 Å². The van der Waals surface area contributed by atoms with Crippen molar-refractivity contribution in [1.29, 1.82) is 0 Å². The second-order valence-corrected chi connectivity index (χ2v) is 7.12. The number of hydrogen-bond acceptors (Lipinski definition) is 3. The molecule has 0 spiro atoms. The van der Waals surface area contributed by atoms with Gasteiger partial charge in [0.1, 0.15) is 17.7 Å². The number of rotatable bonds is 5. The third-order valence-corrected chi connectivity index (χ3v) is 4.90. The predicted molar refractivity (Wildman–Crippen MR) is 92.5 cm³/mol. The highest BCUT2D eigenvalue weighted by Crippen LogP contribution is 2.23. The summed E-state index contributed by atoms with van der Waals surface area (Å²) in [7, 11) is 0. The number of carbonyl (C=O) groups excluding carboxylic acids is 1. The fourth-order valence-electron chi connectivity index (χ4n) is 3.45. The smallest absolute Gasteiger partial charge is 0.241 e. The Hall–Kier alpha value is -2.21. The van der Waals surface area contributed by atoms with Gasteiger partial charge in [-0.3, -0.25) is 10.1 Å². The van der Waals surface area contributed by atoms with E-state index in [1.807, 2.05) is 6.92 Å². The summed E-state index contributed by atoms with van der Waals surface area (Å²) in [6.07, 6.45) is 5.98. The Morgan fingerprint density at radius 2 is 2.00 bits per heavy atom. The molecule has 1 saturated carbocycles. The SMILES string of the molecule is Cc1cn2c(n1)CC[C@@H](N[C@H](C(=O)NC1CC1)c1ccc(F)cc1)C2. The molecule has 0 unspecified atom stereocenters. The Morgan fingerprint density at radius 1 is 1.24 bits per heavy atom.